The quantitative estimate of drug-likeness (QED) is 0.442. The van der Waals surface area contributed by atoms with E-state index in [1.807, 2.05) is 6.08 Å². The van der Waals surface area contributed by atoms with Crippen molar-refractivity contribution in [3.63, 3.8) is 0 Å². The van der Waals surface area contributed by atoms with Crippen molar-refractivity contribution >= 4 is 0 Å². The van der Waals surface area contributed by atoms with Crippen LogP contribution in [0.1, 0.15) is 27.7 Å². The lowest BCUT2D eigenvalue weighted by atomic mass is 10.0. The van der Waals surface area contributed by atoms with Crippen LogP contribution in [0.25, 0.3) is 0 Å². The molecule has 0 amide bonds. The first kappa shape index (κ1) is 16.1. The van der Waals surface area contributed by atoms with E-state index in [2.05, 4.69) is 65.7 Å². The van der Waals surface area contributed by atoms with E-state index in [0.29, 0.717) is 5.92 Å². The smallest absolute Gasteiger partial charge is 0.0219 e. The van der Waals surface area contributed by atoms with E-state index < -0.39 is 0 Å². The minimum absolute atomic E-state index is 0.561. The van der Waals surface area contributed by atoms with Crippen LogP contribution in [0.4, 0.5) is 0 Å². The minimum atomic E-state index is 0.561. The zero-order chi connectivity index (χ0) is 12.3. The van der Waals surface area contributed by atoms with Gasteiger partial charge in [-0.2, -0.15) is 0 Å². The van der Waals surface area contributed by atoms with E-state index in [1.165, 1.54) is 11.1 Å². The Hall–Kier alpha value is -1.30. The Balaban J connectivity index is 0. The van der Waals surface area contributed by atoms with Gasteiger partial charge in [-0.05, 0) is 25.3 Å². The molecule has 0 heteroatoms. The van der Waals surface area contributed by atoms with Crippen LogP contribution < -0.4 is 0 Å². The Morgan fingerprint density at radius 1 is 1.20 bits per heavy atom. The summed E-state index contributed by atoms with van der Waals surface area (Å²) in [6.45, 7) is 18.2. The molecule has 0 atom stereocenters. The highest BCUT2D eigenvalue weighted by Gasteiger charge is 1.97. The lowest BCUT2D eigenvalue weighted by molar-refractivity contribution is 0.790. The van der Waals surface area contributed by atoms with E-state index in [1.54, 1.807) is 6.08 Å². The van der Waals surface area contributed by atoms with E-state index in [4.69, 9.17) is 0 Å². The summed E-state index contributed by atoms with van der Waals surface area (Å²) in [7, 11) is 0. The highest BCUT2D eigenvalue weighted by Crippen LogP contribution is 2.13. The molecular formula is C15H24. The maximum atomic E-state index is 3.66. The van der Waals surface area contributed by atoms with Crippen molar-refractivity contribution in [1.29, 1.82) is 0 Å². The first-order valence-electron chi connectivity index (χ1n) is 5.25. The zero-order valence-corrected chi connectivity index (χ0v) is 10.6. The molecule has 15 heavy (non-hydrogen) atoms. The molecule has 0 spiro atoms. The Morgan fingerprint density at radius 3 is 2.07 bits per heavy atom. The fraction of sp³-hybridized carbons (Fsp3) is 0.333. The van der Waals surface area contributed by atoms with Gasteiger partial charge in [-0.25, -0.2) is 0 Å². The molecule has 0 aromatic heterocycles. The average molecular weight is 204 g/mol. The molecule has 0 saturated carbocycles. The molecule has 0 bridgehead atoms. The lowest BCUT2D eigenvalue weighted by Crippen LogP contribution is -1.90. The van der Waals surface area contributed by atoms with E-state index in [9.17, 15) is 0 Å². The molecule has 0 fully saturated rings. The molecule has 84 valence electrons. The van der Waals surface area contributed by atoms with Gasteiger partial charge in [0, 0.05) is 0 Å². The van der Waals surface area contributed by atoms with E-state index in [0.717, 1.165) is 0 Å². The number of hydrogen-bond donors (Lipinski definition) is 0. The van der Waals surface area contributed by atoms with Gasteiger partial charge in [-0.15, -0.1) is 13.2 Å². The summed E-state index contributed by atoms with van der Waals surface area (Å²) in [5.74, 6) is 0.561. The maximum absolute atomic E-state index is 3.66. The van der Waals surface area contributed by atoms with Gasteiger partial charge in [0.1, 0.15) is 0 Å². The first-order chi connectivity index (χ1) is 7.11. The molecule has 0 aromatic rings. The number of hydrogen-bond acceptors (Lipinski definition) is 0. The summed E-state index contributed by atoms with van der Waals surface area (Å²) in [4.78, 5) is 0. The molecule has 0 aliphatic heterocycles. The average Bonchev–Trinajstić information content (AvgIpc) is 2.26. The maximum Gasteiger partial charge on any atom is -0.0219 e. The molecular weight excluding hydrogens is 180 g/mol. The molecule has 0 N–H and O–H groups in total. The largest absolute Gasteiger partial charge is 0.106 e. The Labute approximate surface area is 95.4 Å². The van der Waals surface area contributed by atoms with Crippen LogP contribution in [0.5, 0.6) is 0 Å². The predicted molar refractivity (Wildman–Crippen MR) is 72.9 cm³/mol. The predicted octanol–water partition coefficient (Wildman–Crippen LogP) is 5.08. The second-order valence-corrected chi connectivity index (χ2v) is 3.43. The van der Waals surface area contributed by atoms with Crippen LogP contribution in [0, 0.1) is 5.92 Å². The molecule has 0 rings (SSSR count). The fourth-order valence-corrected chi connectivity index (χ4v) is 0.933. The molecule has 0 aromatic carbocycles. The monoisotopic (exact) mass is 204 g/mol. The van der Waals surface area contributed by atoms with E-state index in [-0.39, 0.29) is 0 Å². The molecule has 0 aliphatic rings. The molecule has 0 unspecified atom stereocenters. The summed E-state index contributed by atoms with van der Waals surface area (Å²) in [6, 6.07) is 0. The highest BCUT2D eigenvalue weighted by molar-refractivity contribution is 5.31. The van der Waals surface area contributed by atoms with Crippen molar-refractivity contribution in [3.05, 3.63) is 61.3 Å². The molecule has 0 radical (unpaired) electrons. The normalized spacial score (nSPS) is 12.6. The van der Waals surface area contributed by atoms with E-state index >= 15 is 0 Å². The second-order valence-electron chi connectivity index (χ2n) is 3.43. The van der Waals surface area contributed by atoms with Crippen molar-refractivity contribution in [2.45, 2.75) is 27.7 Å². The van der Waals surface area contributed by atoms with Crippen molar-refractivity contribution in [2.75, 3.05) is 0 Å². The third-order valence-corrected chi connectivity index (χ3v) is 1.94. The fourth-order valence-electron chi connectivity index (χ4n) is 0.933. The standard InChI is InChI=1S/C13H20.C2H4/c1-6-8-9-13(11(3)4)10-12(5)7-2;1-2/h6-11H,1H2,2-5H3;1-2H2/b9-8-,12-7-,13-10-;. The van der Waals surface area contributed by atoms with Crippen molar-refractivity contribution < 1.29 is 0 Å². The second kappa shape index (κ2) is 10.8. The molecule has 0 saturated heterocycles. The summed E-state index contributed by atoms with van der Waals surface area (Å²) in [5, 5.41) is 0. The minimum Gasteiger partial charge on any atom is -0.106 e. The third-order valence-electron chi connectivity index (χ3n) is 1.94. The summed E-state index contributed by atoms with van der Waals surface area (Å²) in [5.41, 5.74) is 2.65. The van der Waals surface area contributed by atoms with Crippen LogP contribution in [0.15, 0.2) is 61.3 Å². The van der Waals surface area contributed by atoms with Gasteiger partial charge < -0.3 is 0 Å². The van der Waals surface area contributed by atoms with Gasteiger partial charge in [-0.3, -0.25) is 0 Å². The van der Waals surface area contributed by atoms with Crippen LogP contribution in [-0.4, -0.2) is 0 Å². The summed E-state index contributed by atoms with van der Waals surface area (Å²) >= 11 is 0. The van der Waals surface area contributed by atoms with Crippen molar-refractivity contribution in [2.24, 2.45) is 5.92 Å². The molecule has 0 heterocycles. The van der Waals surface area contributed by atoms with Crippen LogP contribution in [0.2, 0.25) is 0 Å². The Morgan fingerprint density at radius 2 is 1.73 bits per heavy atom. The highest BCUT2D eigenvalue weighted by atomic mass is 14.0. The van der Waals surface area contributed by atoms with Gasteiger partial charge in [0.05, 0.1) is 0 Å². The van der Waals surface area contributed by atoms with Crippen LogP contribution in [-0.2, 0) is 0 Å². The van der Waals surface area contributed by atoms with Crippen molar-refractivity contribution in [3.8, 4) is 0 Å². The third kappa shape index (κ3) is 9.01. The van der Waals surface area contributed by atoms with Gasteiger partial charge >= 0.3 is 0 Å². The van der Waals surface area contributed by atoms with Crippen LogP contribution >= 0.6 is 0 Å². The SMILES string of the molecule is C=C.C=C\C=C/C(=C/C(C)=C\C)C(C)C. The first-order valence-corrected chi connectivity index (χ1v) is 5.25. The Kier molecular flexibility index (Phi) is 11.6. The zero-order valence-electron chi connectivity index (χ0n) is 10.6. The molecule has 0 nitrogen and oxygen atoms in total. The van der Waals surface area contributed by atoms with Gasteiger partial charge in [-0.1, -0.05) is 56.4 Å². The van der Waals surface area contributed by atoms with Crippen LogP contribution in [0.3, 0.4) is 0 Å². The van der Waals surface area contributed by atoms with Crippen molar-refractivity contribution in [1.82, 2.24) is 0 Å². The topological polar surface area (TPSA) is 0 Å². The summed E-state index contributed by atoms with van der Waals surface area (Å²) < 4.78 is 0. The number of rotatable bonds is 4. The molecule has 0 aliphatic carbocycles. The van der Waals surface area contributed by atoms with Gasteiger partial charge in [0.15, 0.2) is 0 Å². The lowest BCUT2D eigenvalue weighted by Gasteiger charge is -2.06. The number of allylic oxidation sites excluding steroid dienone is 7. The Bertz CT molecular complexity index is 249. The van der Waals surface area contributed by atoms with Gasteiger partial charge in [0.25, 0.3) is 0 Å². The summed E-state index contributed by atoms with van der Waals surface area (Å²) in [6.07, 6.45) is 10.2. The van der Waals surface area contributed by atoms with Gasteiger partial charge in [0.2, 0.25) is 0 Å².